The zero-order chi connectivity index (χ0) is 18.0. The molecule has 0 unspecified atom stereocenters. The van der Waals surface area contributed by atoms with E-state index in [2.05, 4.69) is 0 Å². The van der Waals surface area contributed by atoms with Crippen molar-refractivity contribution in [3.8, 4) is 0 Å². The molecule has 0 rings (SSSR count). The Morgan fingerprint density at radius 2 is 0.591 bits per heavy atom. The van der Waals surface area contributed by atoms with Crippen LogP contribution in [0.15, 0.2) is 0 Å². The first-order chi connectivity index (χ1) is 9.89. The molecule has 4 heteroatoms. The molecule has 0 aromatic heterocycles. The lowest BCUT2D eigenvalue weighted by Gasteiger charge is -2.04. The van der Waals surface area contributed by atoms with E-state index in [9.17, 15) is 19.2 Å². The van der Waals surface area contributed by atoms with Crippen LogP contribution in [-0.4, -0.2) is 23.1 Å². The second kappa shape index (κ2) is 11.3. The van der Waals surface area contributed by atoms with Crippen LogP contribution in [0.3, 0.4) is 0 Å². The molecule has 0 saturated heterocycles. The summed E-state index contributed by atoms with van der Waals surface area (Å²) < 4.78 is 0. The number of hydrogen-bond donors (Lipinski definition) is 0. The Kier molecular flexibility index (Phi) is 11.8. The molecule has 0 aliphatic rings. The molecule has 0 N–H and O–H groups in total. The predicted molar refractivity (Wildman–Crippen MR) is 88.6 cm³/mol. The van der Waals surface area contributed by atoms with Gasteiger partial charge >= 0.3 is 0 Å². The number of hydrogen-bond acceptors (Lipinski definition) is 4. The van der Waals surface area contributed by atoms with Crippen LogP contribution < -0.4 is 0 Å². The number of ketones is 4. The van der Waals surface area contributed by atoms with Crippen LogP contribution in [0.5, 0.6) is 0 Å². The van der Waals surface area contributed by atoms with Gasteiger partial charge in [-0.15, -0.1) is 0 Å². The van der Waals surface area contributed by atoms with Gasteiger partial charge in [-0.2, -0.15) is 0 Å². The van der Waals surface area contributed by atoms with Gasteiger partial charge < -0.3 is 0 Å². The van der Waals surface area contributed by atoms with Crippen molar-refractivity contribution in [2.24, 2.45) is 23.7 Å². The molecule has 0 aliphatic heterocycles. The van der Waals surface area contributed by atoms with Gasteiger partial charge in [-0.25, -0.2) is 0 Å². The average molecular weight is 312 g/mol. The Bertz CT molecular complexity index is 316. The maximum Gasteiger partial charge on any atom is 0.142 e. The lowest BCUT2D eigenvalue weighted by Crippen LogP contribution is -2.16. The van der Waals surface area contributed by atoms with Crippen LogP contribution in [0.4, 0.5) is 0 Å². The van der Waals surface area contributed by atoms with E-state index in [4.69, 9.17) is 0 Å². The fourth-order valence-corrected chi connectivity index (χ4v) is 1.16. The van der Waals surface area contributed by atoms with E-state index in [1.807, 2.05) is 55.4 Å². The first-order valence-electron chi connectivity index (χ1n) is 8.00. The molecule has 0 bridgehead atoms. The fraction of sp³-hybridized carbons (Fsp3) is 0.778. The zero-order valence-electron chi connectivity index (χ0n) is 15.4. The highest BCUT2D eigenvalue weighted by atomic mass is 16.2. The monoisotopic (exact) mass is 312 g/mol. The quantitative estimate of drug-likeness (QED) is 0.641. The van der Waals surface area contributed by atoms with E-state index in [0.717, 1.165) is 0 Å². The summed E-state index contributed by atoms with van der Waals surface area (Å²) in [5.74, 6) is 0.116. The molecule has 0 radical (unpaired) electrons. The third-order valence-electron chi connectivity index (χ3n) is 3.27. The van der Waals surface area contributed by atoms with E-state index < -0.39 is 0 Å². The van der Waals surface area contributed by atoms with Crippen LogP contribution in [0.1, 0.15) is 68.2 Å². The number of carbonyl (C=O) groups is 4. The lowest BCUT2D eigenvalue weighted by molar-refractivity contribution is -0.131. The Hall–Kier alpha value is -1.32. The smallest absolute Gasteiger partial charge is 0.142 e. The van der Waals surface area contributed by atoms with E-state index >= 15 is 0 Å². The molecule has 0 spiro atoms. The standard InChI is InChI=1S/2C9H16O2/c2*1-6(2)8(10)5-9(11)7(3)4/h2*6-7H,5H2,1-4H3. The van der Waals surface area contributed by atoms with E-state index in [0.29, 0.717) is 0 Å². The Morgan fingerprint density at radius 1 is 0.455 bits per heavy atom. The fourth-order valence-electron chi connectivity index (χ4n) is 1.16. The molecule has 0 fully saturated rings. The maximum atomic E-state index is 11.0. The second-order valence-electron chi connectivity index (χ2n) is 6.84. The van der Waals surface area contributed by atoms with Crippen LogP contribution in [0, 0.1) is 23.7 Å². The molecule has 128 valence electrons. The number of rotatable bonds is 8. The van der Waals surface area contributed by atoms with Crippen LogP contribution in [-0.2, 0) is 19.2 Å². The first-order valence-corrected chi connectivity index (χ1v) is 8.00. The highest BCUT2D eigenvalue weighted by Crippen LogP contribution is 2.05. The Balaban J connectivity index is 0. The molecule has 4 nitrogen and oxygen atoms in total. The predicted octanol–water partition coefficient (Wildman–Crippen LogP) is 3.65. The SMILES string of the molecule is CC(C)C(=O)CC(=O)C(C)C.CC(C)C(=O)CC(=O)C(C)C. The summed E-state index contributed by atoms with van der Waals surface area (Å²) in [6.45, 7) is 14.5. The molecule has 0 amide bonds. The third kappa shape index (κ3) is 11.4. The van der Waals surface area contributed by atoms with Crippen molar-refractivity contribution in [1.29, 1.82) is 0 Å². The summed E-state index contributed by atoms with van der Waals surface area (Å²) in [6.07, 6.45) is 0.213. The number of carbonyl (C=O) groups excluding carboxylic acids is 4. The van der Waals surface area contributed by atoms with Gasteiger partial charge in [0.1, 0.15) is 23.1 Å². The minimum atomic E-state index is -0.0160. The van der Waals surface area contributed by atoms with Crippen molar-refractivity contribution in [3.63, 3.8) is 0 Å². The largest absolute Gasteiger partial charge is 0.299 e. The van der Waals surface area contributed by atoms with E-state index in [-0.39, 0.29) is 59.6 Å². The van der Waals surface area contributed by atoms with Crippen molar-refractivity contribution in [1.82, 2.24) is 0 Å². The summed E-state index contributed by atoms with van der Waals surface area (Å²) in [7, 11) is 0. The normalized spacial score (nSPS) is 10.7. The molecule has 0 aromatic rings. The van der Waals surface area contributed by atoms with Crippen molar-refractivity contribution >= 4 is 23.1 Å². The van der Waals surface area contributed by atoms with Gasteiger partial charge in [0.25, 0.3) is 0 Å². The molecule has 0 aromatic carbocycles. The zero-order valence-corrected chi connectivity index (χ0v) is 15.4. The second-order valence-corrected chi connectivity index (χ2v) is 6.84. The third-order valence-corrected chi connectivity index (χ3v) is 3.27. The van der Waals surface area contributed by atoms with Crippen molar-refractivity contribution in [2.75, 3.05) is 0 Å². The summed E-state index contributed by atoms with van der Waals surface area (Å²) in [4.78, 5) is 44.1. The molecular weight excluding hydrogens is 280 g/mol. The van der Waals surface area contributed by atoms with Crippen LogP contribution in [0.25, 0.3) is 0 Å². The first kappa shape index (κ1) is 23.0. The lowest BCUT2D eigenvalue weighted by atomic mass is 9.98. The maximum absolute atomic E-state index is 11.0. The summed E-state index contributed by atoms with van der Waals surface area (Å²) in [5.41, 5.74) is 0. The van der Waals surface area contributed by atoms with Crippen molar-refractivity contribution in [2.45, 2.75) is 68.2 Å². The minimum absolute atomic E-state index is 0.0160. The molecular formula is C18H32O4. The van der Waals surface area contributed by atoms with Gasteiger partial charge in [0.2, 0.25) is 0 Å². The summed E-state index contributed by atoms with van der Waals surface area (Å²) in [5, 5.41) is 0. The van der Waals surface area contributed by atoms with Gasteiger partial charge in [0.15, 0.2) is 0 Å². The van der Waals surface area contributed by atoms with Gasteiger partial charge in [-0.05, 0) is 0 Å². The van der Waals surface area contributed by atoms with Gasteiger partial charge in [0.05, 0.1) is 12.8 Å². The highest BCUT2D eigenvalue weighted by Gasteiger charge is 2.15. The number of Topliss-reactive ketones (excluding diaryl/α,β-unsaturated/α-hetero) is 4. The van der Waals surface area contributed by atoms with Crippen LogP contribution in [0.2, 0.25) is 0 Å². The molecule has 0 aliphatic carbocycles. The molecule has 0 atom stereocenters. The topological polar surface area (TPSA) is 68.3 Å². The van der Waals surface area contributed by atoms with Crippen molar-refractivity contribution < 1.29 is 19.2 Å². The highest BCUT2D eigenvalue weighted by molar-refractivity contribution is 6.01. The van der Waals surface area contributed by atoms with Gasteiger partial charge in [-0.1, -0.05) is 55.4 Å². The Labute approximate surface area is 135 Å². The minimum Gasteiger partial charge on any atom is -0.299 e. The van der Waals surface area contributed by atoms with Crippen molar-refractivity contribution in [3.05, 3.63) is 0 Å². The Morgan fingerprint density at radius 3 is 0.682 bits per heavy atom. The molecule has 0 saturated carbocycles. The van der Waals surface area contributed by atoms with Gasteiger partial charge in [0, 0.05) is 23.7 Å². The summed E-state index contributed by atoms with van der Waals surface area (Å²) in [6, 6.07) is 0. The van der Waals surface area contributed by atoms with E-state index in [1.165, 1.54) is 0 Å². The van der Waals surface area contributed by atoms with Crippen LogP contribution >= 0.6 is 0 Å². The van der Waals surface area contributed by atoms with E-state index in [1.54, 1.807) is 0 Å². The molecule has 0 heterocycles. The van der Waals surface area contributed by atoms with Gasteiger partial charge in [-0.3, -0.25) is 19.2 Å². The average Bonchev–Trinajstić information content (AvgIpc) is 2.38. The molecule has 22 heavy (non-hydrogen) atoms. The summed E-state index contributed by atoms with van der Waals surface area (Å²) >= 11 is 0.